The van der Waals surface area contributed by atoms with Crippen LogP contribution in [0.15, 0.2) is 0 Å². The molecule has 0 atom stereocenters. The van der Waals surface area contributed by atoms with Crippen molar-refractivity contribution in [2.75, 3.05) is 78.5 Å². The first kappa shape index (κ1) is 45.3. The number of hydrogen-bond acceptors (Lipinski definition) is 10. The Hall–Kier alpha value is -2.68. The van der Waals surface area contributed by atoms with Gasteiger partial charge in [-0.3, -0.25) is 9.59 Å². The summed E-state index contributed by atoms with van der Waals surface area (Å²) < 4.78 is 10.4. The van der Waals surface area contributed by atoms with Crippen molar-refractivity contribution in [1.82, 2.24) is 42.5 Å². The molecule has 0 aliphatic heterocycles. The van der Waals surface area contributed by atoms with Gasteiger partial charge in [-0.2, -0.15) is 0 Å². The molecule has 0 radical (unpaired) electrons. The van der Waals surface area contributed by atoms with Crippen LogP contribution in [0.3, 0.4) is 0 Å². The summed E-state index contributed by atoms with van der Waals surface area (Å²) in [7, 11) is 0. The van der Waals surface area contributed by atoms with Crippen LogP contribution in [-0.4, -0.2) is 114 Å². The third kappa shape index (κ3) is 36.2. The first-order chi connectivity index (χ1) is 22.8. The number of carbonyl (C=O) groups is 4. The molecule has 0 saturated heterocycles. The zero-order valence-electron chi connectivity index (χ0n) is 31.0. The summed E-state index contributed by atoms with van der Waals surface area (Å²) in [4.78, 5) is 47.2. The topological polar surface area (TPSA) is 183 Å². The van der Waals surface area contributed by atoms with Gasteiger partial charge in [-0.15, -0.1) is 0 Å². The highest BCUT2D eigenvalue weighted by molar-refractivity contribution is 5.83. The summed E-state index contributed by atoms with van der Waals surface area (Å²) in [5.41, 5.74) is -0.948. The molecule has 282 valence electrons. The number of alkyl carbamates (subject to hydrolysis) is 2. The molecule has 0 fully saturated rings. The van der Waals surface area contributed by atoms with Crippen LogP contribution in [0.1, 0.15) is 106 Å². The van der Waals surface area contributed by atoms with Crippen molar-refractivity contribution in [1.29, 1.82) is 0 Å². The van der Waals surface area contributed by atoms with Crippen molar-refractivity contribution in [2.45, 2.75) is 117 Å². The SMILES string of the molecule is CC(C)(C)OC(=O)NCCCNCCCCNCCCNC(=O)CCC(=O)NCCCNCCCCNCCCNC(=O)OC(C)(C)C. The first-order valence-corrected chi connectivity index (χ1v) is 18.1. The van der Waals surface area contributed by atoms with Gasteiger partial charge in [-0.1, -0.05) is 0 Å². The van der Waals surface area contributed by atoms with Gasteiger partial charge in [0.05, 0.1) is 0 Å². The molecular weight excluding hydrogens is 616 g/mol. The zero-order valence-corrected chi connectivity index (χ0v) is 31.0. The number of carbonyl (C=O) groups excluding carboxylic acids is 4. The van der Waals surface area contributed by atoms with Gasteiger partial charge in [0.2, 0.25) is 11.8 Å². The minimum atomic E-state index is -0.474. The predicted molar refractivity (Wildman–Crippen MR) is 192 cm³/mol. The fourth-order valence-electron chi connectivity index (χ4n) is 4.22. The van der Waals surface area contributed by atoms with E-state index in [0.717, 1.165) is 104 Å². The molecule has 0 spiro atoms. The number of unbranched alkanes of at least 4 members (excludes halogenated alkanes) is 2. The van der Waals surface area contributed by atoms with E-state index in [4.69, 9.17) is 9.47 Å². The van der Waals surface area contributed by atoms with E-state index >= 15 is 0 Å². The molecule has 0 saturated carbocycles. The van der Waals surface area contributed by atoms with Crippen LogP contribution in [0.2, 0.25) is 0 Å². The van der Waals surface area contributed by atoms with Crippen LogP contribution in [0.4, 0.5) is 9.59 Å². The van der Waals surface area contributed by atoms with Crippen LogP contribution in [0.25, 0.3) is 0 Å². The van der Waals surface area contributed by atoms with E-state index in [-0.39, 0.29) is 36.8 Å². The normalized spacial score (nSPS) is 11.5. The van der Waals surface area contributed by atoms with Crippen molar-refractivity contribution in [2.24, 2.45) is 0 Å². The third-order valence-electron chi connectivity index (χ3n) is 6.60. The Balaban J connectivity index is 3.37. The standard InChI is InChI=1S/C34H70N8O6/c1-33(2,3)47-31(45)41-27-13-23-37-19-9-7-17-35-21-11-25-39-29(43)15-16-30(44)40-26-12-22-36-18-8-10-20-38-24-14-28-42-32(46)48-34(4,5)6/h35-38H,7-28H2,1-6H3,(H,39,43)(H,40,44)(H,41,45)(H,42,46). The maximum atomic E-state index is 12.0. The molecule has 0 aliphatic rings. The molecule has 0 aromatic heterocycles. The number of ether oxygens (including phenoxy) is 2. The lowest BCUT2D eigenvalue weighted by molar-refractivity contribution is -0.126. The highest BCUT2D eigenvalue weighted by Gasteiger charge is 2.16. The highest BCUT2D eigenvalue weighted by Crippen LogP contribution is 2.07. The fourth-order valence-corrected chi connectivity index (χ4v) is 4.22. The van der Waals surface area contributed by atoms with Crippen molar-refractivity contribution >= 4 is 24.0 Å². The van der Waals surface area contributed by atoms with Crippen LogP contribution < -0.4 is 42.5 Å². The van der Waals surface area contributed by atoms with Crippen molar-refractivity contribution in [3.63, 3.8) is 0 Å². The molecule has 14 nitrogen and oxygen atoms in total. The van der Waals surface area contributed by atoms with Crippen molar-refractivity contribution in [3.8, 4) is 0 Å². The van der Waals surface area contributed by atoms with Crippen molar-refractivity contribution < 1.29 is 28.7 Å². The van der Waals surface area contributed by atoms with Crippen LogP contribution >= 0.6 is 0 Å². The average molecular weight is 687 g/mol. The first-order valence-electron chi connectivity index (χ1n) is 18.1. The second-order valence-electron chi connectivity index (χ2n) is 13.9. The van der Waals surface area contributed by atoms with Crippen molar-refractivity contribution in [3.05, 3.63) is 0 Å². The molecule has 0 unspecified atom stereocenters. The Bertz CT molecular complexity index is 780. The molecule has 0 bridgehead atoms. The summed E-state index contributed by atoms with van der Waals surface area (Å²) in [5.74, 6) is -0.183. The van der Waals surface area contributed by atoms with E-state index in [1.165, 1.54) is 0 Å². The molecule has 0 heterocycles. The Labute approximate surface area is 290 Å². The zero-order chi connectivity index (χ0) is 35.9. The molecular formula is C34H70N8O6. The number of nitrogens with one attached hydrogen (secondary N) is 8. The maximum absolute atomic E-state index is 12.0. The molecule has 0 rings (SSSR count). The summed E-state index contributed by atoms with van der Waals surface area (Å²) >= 11 is 0. The third-order valence-corrected chi connectivity index (χ3v) is 6.60. The van der Waals surface area contributed by atoms with Gasteiger partial charge < -0.3 is 52.0 Å². The van der Waals surface area contributed by atoms with Crippen LogP contribution in [0, 0.1) is 0 Å². The monoisotopic (exact) mass is 687 g/mol. The van der Waals surface area contributed by atoms with Gasteiger partial charge in [-0.25, -0.2) is 9.59 Å². The fraction of sp³-hybridized carbons (Fsp3) is 0.882. The molecule has 0 aromatic carbocycles. The Kier molecular flexibility index (Phi) is 27.6. The van der Waals surface area contributed by atoms with E-state index in [2.05, 4.69) is 42.5 Å². The predicted octanol–water partition coefficient (Wildman–Crippen LogP) is 2.53. The van der Waals surface area contributed by atoms with Gasteiger partial charge in [0, 0.05) is 39.0 Å². The lowest BCUT2D eigenvalue weighted by Gasteiger charge is -2.19. The largest absolute Gasteiger partial charge is 0.444 e. The molecule has 0 aromatic rings. The summed E-state index contributed by atoms with van der Waals surface area (Å²) in [6, 6.07) is 0. The minimum absolute atomic E-state index is 0.0915. The maximum Gasteiger partial charge on any atom is 0.407 e. The quantitative estimate of drug-likeness (QED) is 0.0545. The summed E-state index contributed by atoms with van der Waals surface area (Å²) in [5, 5.41) is 24.8. The van der Waals surface area contributed by atoms with Crippen LogP contribution in [-0.2, 0) is 19.1 Å². The van der Waals surface area contributed by atoms with E-state index in [1.54, 1.807) is 0 Å². The average Bonchev–Trinajstić information content (AvgIpc) is 2.98. The summed E-state index contributed by atoms with van der Waals surface area (Å²) in [6.07, 6.45) is 7.34. The smallest absolute Gasteiger partial charge is 0.407 e. The second kappa shape index (κ2) is 29.3. The minimum Gasteiger partial charge on any atom is -0.444 e. The van der Waals surface area contributed by atoms with Crippen LogP contribution in [0.5, 0.6) is 0 Å². The molecule has 4 amide bonds. The Morgan fingerprint density at radius 3 is 0.896 bits per heavy atom. The number of rotatable bonds is 29. The Morgan fingerprint density at radius 1 is 0.375 bits per heavy atom. The van der Waals surface area contributed by atoms with Gasteiger partial charge in [-0.05, 0) is 145 Å². The second-order valence-corrected chi connectivity index (χ2v) is 13.9. The van der Waals surface area contributed by atoms with Gasteiger partial charge in [0.15, 0.2) is 0 Å². The summed E-state index contributed by atoms with van der Waals surface area (Å²) in [6.45, 7) is 20.6. The van der Waals surface area contributed by atoms with E-state index in [9.17, 15) is 19.2 Å². The van der Waals surface area contributed by atoms with Gasteiger partial charge in [0.25, 0.3) is 0 Å². The molecule has 48 heavy (non-hydrogen) atoms. The van der Waals surface area contributed by atoms with Gasteiger partial charge >= 0.3 is 12.2 Å². The highest BCUT2D eigenvalue weighted by atomic mass is 16.6. The van der Waals surface area contributed by atoms with E-state index in [1.807, 2.05) is 41.5 Å². The lowest BCUT2D eigenvalue weighted by atomic mass is 10.2. The molecule has 0 aliphatic carbocycles. The molecule has 14 heteroatoms. The lowest BCUT2D eigenvalue weighted by Crippen LogP contribution is -2.34. The Morgan fingerprint density at radius 2 is 0.625 bits per heavy atom. The number of hydrogen-bond donors (Lipinski definition) is 8. The van der Waals surface area contributed by atoms with E-state index in [0.29, 0.717) is 26.2 Å². The van der Waals surface area contributed by atoms with E-state index < -0.39 is 11.2 Å². The molecule has 8 N–H and O–H groups in total. The number of amides is 4. The van der Waals surface area contributed by atoms with Gasteiger partial charge in [0.1, 0.15) is 11.2 Å².